The zero-order chi connectivity index (χ0) is 14.8. The number of carbonyl (C=O) groups is 2. The second-order valence-electron chi connectivity index (χ2n) is 6.33. The summed E-state index contributed by atoms with van der Waals surface area (Å²) >= 11 is 0. The van der Waals surface area contributed by atoms with Crippen LogP contribution in [0.25, 0.3) is 0 Å². The highest BCUT2D eigenvalue weighted by Gasteiger charge is 2.39. The summed E-state index contributed by atoms with van der Waals surface area (Å²) < 4.78 is 0. The van der Waals surface area contributed by atoms with E-state index in [0.29, 0.717) is 32.1 Å². The zero-order valence-electron chi connectivity index (χ0n) is 12.4. The first kappa shape index (κ1) is 15.1. The third kappa shape index (κ3) is 3.62. The summed E-state index contributed by atoms with van der Waals surface area (Å²) in [5.74, 6) is -0.816. The van der Waals surface area contributed by atoms with Crippen molar-refractivity contribution in [2.75, 3.05) is 33.2 Å². The highest BCUT2D eigenvalue weighted by atomic mass is 16.4. The molecular weight excluding hydrogens is 258 g/mol. The summed E-state index contributed by atoms with van der Waals surface area (Å²) in [5, 5.41) is 12.1. The lowest BCUT2D eigenvalue weighted by Crippen LogP contribution is -2.52. The minimum absolute atomic E-state index is 0.138. The van der Waals surface area contributed by atoms with E-state index in [1.165, 1.54) is 12.8 Å². The lowest BCUT2D eigenvalue weighted by molar-refractivity contribution is -0.150. The van der Waals surface area contributed by atoms with Crippen molar-refractivity contribution >= 4 is 12.0 Å². The van der Waals surface area contributed by atoms with Crippen LogP contribution < -0.4 is 5.32 Å². The van der Waals surface area contributed by atoms with Crippen molar-refractivity contribution in [3.05, 3.63) is 0 Å². The molecular formula is C14H25N3O3. The van der Waals surface area contributed by atoms with Crippen LogP contribution in [0.2, 0.25) is 0 Å². The number of urea groups is 1. The van der Waals surface area contributed by atoms with Crippen molar-refractivity contribution < 1.29 is 14.7 Å². The van der Waals surface area contributed by atoms with Gasteiger partial charge in [-0.3, -0.25) is 4.79 Å². The maximum Gasteiger partial charge on any atom is 0.317 e. The molecule has 2 fully saturated rings. The Labute approximate surface area is 120 Å². The number of hydrogen-bond donors (Lipinski definition) is 2. The van der Waals surface area contributed by atoms with Crippen molar-refractivity contribution in [2.24, 2.45) is 5.41 Å². The molecule has 1 aliphatic heterocycles. The van der Waals surface area contributed by atoms with E-state index in [1.54, 1.807) is 11.8 Å². The molecule has 2 aliphatic rings. The van der Waals surface area contributed by atoms with Crippen molar-refractivity contribution in [3.8, 4) is 0 Å². The van der Waals surface area contributed by atoms with Gasteiger partial charge in [-0.15, -0.1) is 0 Å². The Kier molecular flexibility index (Phi) is 4.52. The van der Waals surface area contributed by atoms with Gasteiger partial charge in [-0.25, -0.2) is 4.79 Å². The van der Waals surface area contributed by atoms with Crippen molar-refractivity contribution in [1.29, 1.82) is 0 Å². The number of carboxylic acid groups (broad SMARTS) is 1. The number of nitrogens with zero attached hydrogens (tertiary/aromatic N) is 2. The molecule has 6 nitrogen and oxygen atoms in total. The van der Waals surface area contributed by atoms with Gasteiger partial charge in [0.25, 0.3) is 0 Å². The fourth-order valence-electron chi connectivity index (χ4n) is 2.74. The Morgan fingerprint density at radius 1 is 1.45 bits per heavy atom. The summed E-state index contributed by atoms with van der Waals surface area (Å²) in [7, 11) is 2.08. The zero-order valence-corrected chi connectivity index (χ0v) is 12.4. The number of amides is 2. The molecule has 1 saturated heterocycles. The van der Waals surface area contributed by atoms with Crippen LogP contribution in [0.5, 0.6) is 0 Å². The summed E-state index contributed by atoms with van der Waals surface area (Å²) in [4.78, 5) is 27.2. The van der Waals surface area contributed by atoms with Crippen LogP contribution in [0.3, 0.4) is 0 Å². The maximum atomic E-state index is 12.1. The van der Waals surface area contributed by atoms with E-state index in [0.717, 1.165) is 13.0 Å². The first-order valence-corrected chi connectivity index (χ1v) is 7.39. The largest absolute Gasteiger partial charge is 0.481 e. The van der Waals surface area contributed by atoms with Gasteiger partial charge in [0.05, 0.1) is 5.41 Å². The highest BCUT2D eigenvalue weighted by Crippen LogP contribution is 2.29. The van der Waals surface area contributed by atoms with E-state index in [-0.39, 0.29) is 6.03 Å². The third-order valence-corrected chi connectivity index (χ3v) is 4.41. The SMILES string of the molecule is CN(CCNC(=O)N1CCCC(C)(C(=O)O)C1)C1CC1. The normalized spacial score (nSPS) is 26.6. The van der Waals surface area contributed by atoms with Crippen molar-refractivity contribution in [3.63, 3.8) is 0 Å². The van der Waals surface area contributed by atoms with Crippen molar-refractivity contribution in [2.45, 2.75) is 38.6 Å². The van der Waals surface area contributed by atoms with Crippen molar-refractivity contribution in [1.82, 2.24) is 15.1 Å². The van der Waals surface area contributed by atoms with Crippen LogP contribution in [0.1, 0.15) is 32.6 Å². The van der Waals surface area contributed by atoms with E-state index in [1.807, 2.05) is 0 Å². The average Bonchev–Trinajstić information content (AvgIpc) is 3.22. The summed E-state index contributed by atoms with van der Waals surface area (Å²) in [6.07, 6.45) is 3.90. The van der Waals surface area contributed by atoms with Gasteiger partial charge in [-0.2, -0.15) is 0 Å². The molecule has 2 rings (SSSR count). The van der Waals surface area contributed by atoms with Crippen LogP contribution in [-0.2, 0) is 4.79 Å². The topological polar surface area (TPSA) is 72.9 Å². The van der Waals surface area contributed by atoms with Gasteiger partial charge in [0.2, 0.25) is 0 Å². The van der Waals surface area contributed by atoms with Crippen LogP contribution >= 0.6 is 0 Å². The first-order chi connectivity index (χ1) is 9.42. The van der Waals surface area contributed by atoms with E-state index in [2.05, 4.69) is 17.3 Å². The molecule has 2 amide bonds. The number of nitrogens with one attached hydrogen (secondary N) is 1. The fourth-order valence-corrected chi connectivity index (χ4v) is 2.74. The van der Waals surface area contributed by atoms with Crippen LogP contribution in [0.4, 0.5) is 4.79 Å². The van der Waals surface area contributed by atoms with E-state index in [9.17, 15) is 14.7 Å². The average molecular weight is 283 g/mol. The molecule has 1 atom stereocenters. The molecule has 0 aromatic heterocycles. The Morgan fingerprint density at radius 3 is 2.75 bits per heavy atom. The summed E-state index contributed by atoms with van der Waals surface area (Å²) in [6.45, 7) is 4.13. The number of hydrogen-bond acceptors (Lipinski definition) is 3. The van der Waals surface area contributed by atoms with E-state index < -0.39 is 11.4 Å². The Hall–Kier alpha value is -1.30. The van der Waals surface area contributed by atoms with Gasteiger partial charge in [0.1, 0.15) is 0 Å². The smallest absolute Gasteiger partial charge is 0.317 e. The predicted molar refractivity (Wildman–Crippen MR) is 75.6 cm³/mol. The molecule has 0 spiro atoms. The second kappa shape index (κ2) is 5.99. The molecule has 20 heavy (non-hydrogen) atoms. The minimum atomic E-state index is -0.816. The molecule has 0 radical (unpaired) electrons. The monoisotopic (exact) mass is 283 g/mol. The Balaban J connectivity index is 1.75. The number of aliphatic carboxylic acids is 1. The number of piperidine rings is 1. The molecule has 0 bridgehead atoms. The molecule has 1 heterocycles. The molecule has 6 heteroatoms. The number of rotatable bonds is 5. The Bertz CT molecular complexity index is 384. The van der Waals surface area contributed by atoms with Gasteiger partial charge >= 0.3 is 12.0 Å². The first-order valence-electron chi connectivity index (χ1n) is 7.39. The number of likely N-dealkylation sites (N-methyl/N-ethyl adjacent to an activating group) is 1. The van der Waals surface area contributed by atoms with E-state index >= 15 is 0 Å². The number of carboxylic acids is 1. The molecule has 1 unspecified atom stereocenters. The van der Waals surface area contributed by atoms with E-state index in [4.69, 9.17) is 0 Å². The Morgan fingerprint density at radius 2 is 2.15 bits per heavy atom. The summed E-state index contributed by atoms with van der Waals surface area (Å²) in [5.41, 5.74) is -0.805. The lowest BCUT2D eigenvalue weighted by atomic mass is 9.82. The standard InChI is InChI=1S/C14H25N3O3/c1-14(12(18)19)6-3-8-17(10-14)13(20)15-7-9-16(2)11-4-5-11/h11H,3-10H2,1-2H3,(H,15,20)(H,18,19). The molecule has 1 saturated carbocycles. The quantitative estimate of drug-likeness (QED) is 0.789. The molecule has 114 valence electrons. The fraction of sp³-hybridized carbons (Fsp3) is 0.857. The highest BCUT2D eigenvalue weighted by molar-refractivity contribution is 5.78. The number of likely N-dealkylation sites (tertiary alicyclic amines) is 1. The lowest BCUT2D eigenvalue weighted by Gasteiger charge is -2.37. The minimum Gasteiger partial charge on any atom is -0.481 e. The predicted octanol–water partition coefficient (Wildman–Crippen LogP) is 0.977. The second-order valence-corrected chi connectivity index (χ2v) is 6.33. The van der Waals surface area contributed by atoms with Gasteiger partial charge in [-0.05, 0) is 39.7 Å². The molecule has 0 aromatic carbocycles. The maximum absolute atomic E-state index is 12.1. The number of carbonyl (C=O) groups excluding carboxylic acids is 1. The molecule has 2 N–H and O–H groups in total. The van der Waals surface area contributed by atoms with Gasteiger partial charge in [0, 0.05) is 32.2 Å². The summed E-state index contributed by atoms with van der Waals surface area (Å²) in [6, 6.07) is 0.554. The van der Waals surface area contributed by atoms with Crippen LogP contribution in [-0.4, -0.2) is 66.2 Å². The van der Waals surface area contributed by atoms with Gasteiger partial charge in [-0.1, -0.05) is 0 Å². The van der Waals surface area contributed by atoms with Gasteiger partial charge < -0.3 is 20.2 Å². The molecule has 1 aliphatic carbocycles. The van der Waals surface area contributed by atoms with Gasteiger partial charge in [0.15, 0.2) is 0 Å². The van der Waals surface area contributed by atoms with Crippen LogP contribution in [0.15, 0.2) is 0 Å². The third-order valence-electron chi connectivity index (χ3n) is 4.41. The van der Waals surface area contributed by atoms with Crippen LogP contribution in [0, 0.1) is 5.41 Å². The molecule has 0 aromatic rings.